The number of aryl methyl sites for hydroxylation is 1. The highest BCUT2D eigenvalue weighted by Gasteiger charge is 2.07. The molecule has 2 heteroatoms. The third kappa shape index (κ3) is 4.90. The summed E-state index contributed by atoms with van der Waals surface area (Å²) in [5.74, 6) is 5.93. The van der Waals surface area contributed by atoms with Gasteiger partial charge < -0.3 is 4.84 Å². The summed E-state index contributed by atoms with van der Waals surface area (Å²) in [6.45, 7) is 17.2. The SMILES string of the molecule is C=C/C=C(\C=C)Cc1cc(C)c(ON)c(C=C)c1.CC. The lowest BCUT2D eigenvalue weighted by Gasteiger charge is -2.11. The van der Waals surface area contributed by atoms with E-state index in [0.29, 0.717) is 5.75 Å². The van der Waals surface area contributed by atoms with Crippen molar-refractivity contribution in [3.05, 3.63) is 72.4 Å². The van der Waals surface area contributed by atoms with Crippen LogP contribution in [0.25, 0.3) is 6.08 Å². The molecule has 1 rings (SSSR count). The van der Waals surface area contributed by atoms with Gasteiger partial charge in [-0.15, -0.1) is 0 Å². The van der Waals surface area contributed by atoms with Gasteiger partial charge >= 0.3 is 0 Å². The second kappa shape index (κ2) is 9.82. The summed E-state index contributed by atoms with van der Waals surface area (Å²) in [7, 11) is 0. The zero-order valence-electron chi connectivity index (χ0n) is 12.8. The Morgan fingerprint density at radius 3 is 2.35 bits per heavy atom. The number of benzene rings is 1. The highest BCUT2D eigenvalue weighted by Crippen LogP contribution is 2.26. The predicted molar refractivity (Wildman–Crippen MR) is 89.6 cm³/mol. The van der Waals surface area contributed by atoms with E-state index >= 15 is 0 Å². The van der Waals surface area contributed by atoms with Gasteiger partial charge in [0, 0.05) is 5.56 Å². The van der Waals surface area contributed by atoms with Gasteiger partial charge in [-0.25, -0.2) is 0 Å². The fourth-order valence-corrected chi connectivity index (χ4v) is 1.88. The standard InChI is InChI=1S/C16H19NO.C2H6/c1-5-8-13(6-2)10-14-9-12(4)16(18-17)15(7-3)11-14;1-2/h5-9,11H,1-3,10,17H2,4H3;1-2H3/b13-8+;. The highest BCUT2D eigenvalue weighted by molar-refractivity contribution is 5.60. The topological polar surface area (TPSA) is 35.2 Å². The zero-order chi connectivity index (χ0) is 15.5. The maximum absolute atomic E-state index is 5.26. The van der Waals surface area contributed by atoms with Crippen LogP contribution in [0.2, 0.25) is 0 Å². The molecule has 20 heavy (non-hydrogen) atoms. The average molecular weight is 271 g/mol. The molecule has 0 bridgehead atoms. The number of hydrogen-bond donors (Lipinski definition) is 1. The Bertz CT molecular complexity index is 498. The van der Waals surface area contributed by atoms with Crippen molar-refractivity contribution >= 4 is 6.08 Å². The highest BCUT2D eigenvalue weighted by atomic mass is 16.6. The molecule has 1 aromatic carbocycles. The van der Waals surface area contributed by atoms with Crippen molar-refractivity contribution in [1.82, 2.24) is 0 Å². The van der Waals surface area contributed by atoms with Gasteiger partial charge in [0.2, 0.25) is 0 Å². The number of allylic oxidation sites excluding steroid dienone is 4. The maximum Gasteiger partial charge on any atom is 0.156 e. The van der Waals surface area contributed by atoms with E-state index in [1.54, 1.807) is 12.2 Å². The molecule has 0 fully saturated rings. The van der Waals surface area contributed by atoms with Crippen molar-refractivity contribution in [3.63, 3.8) is 0 Å². The molecule has 2 nitrogen and oxygen atoms in total. The summed E-state index contributed by atoms with van der Waals surface area (Å²) >= 11 is 0. The third-order valence-corrected chi connectivity index (χ3v) is 2.70. The Morgan fingerprint density at radius 1 is 1.25 bits per heavy atom. The van der Waals surface area contributed by atoms with Crippen LogP contribution in [0.4, 0.5) is 0 Å². The van der Waals surface area contributed by atoms with Gasteiger partial charge in [-0.1, -0.05) is 64.0 Å². The molecule has 0 saturated heterocycles. The predicted octanol–water partition coefficient (Wildman–Crippen LogP) is 4.76. The number of hydrogen-bond acceptors (Lipinski definition) is 2. The van der Waals surface area contributed by atoms with E-state index in [1.807, 2.05) is 39.0 Å². The first kappa shape index (κ1) is 17.9. The normalized spacial score (nSPS) is 10.1. The van der Waals surface area contributed by atoms with Crippen molar-refractivity contribution in [2.45, 2.75) is 27.2 Å². The molecule has 0 radical (unpaired) electrons. The van der Waals surface area contributed by atoms with Gasteiger partial charge in [0.15, 0.2) is 5.75 Å². The summed E-state index contributed by atoms with van der Waals surface area (Å²) in [6.07, 6.45) is 8.07. The lowest BCUT2D eigenvalue weighted by Crippen LogP contribution is -2.06. The minimum absolute atomic E-state index is 0.668. The number of nitrogens with two attached hydrogens (primary N) is 1. The quantitative estimate of drug-likeness (QED) is 0.598. The largest absolute Gasteiger partial charge is 0.411 e. The van der Waals surface area contributed by atoms with Crippen LogP contribution in [0.3, 0.4) is 0 Å². The second-order valence-electron chi connectivity index (χ2n) is 4.01. The molecule has 0 spiro atoms. The number of rotatable bonds is 6. The van der Waals surface area contributed by atoms with Crippen LogP contribution < -0.4 is 10.7 Å². The summed E-state index contributed by atoms with van der Waals surface area (Å²) in [5.41, 5.74) is 4.17. The van der Waals surface area contributed by atoms with E-state index < -0.39 is 0 Å². The van der Waals surface area contributed by atoms with E-state index in [9.17, 15) is 0 Å². The van der Waals surface area contributed by atoms with Gasteiger partial charge in [-0.3, -0.25) is 0 Å². The molecule has 108 valence electrons. The minimum Gasteiger partial charge on any atom is -0.411 e. The molecule has 0 saturated carbocycles. The molecule has 0 atom stereocenters. The minimum atomic E-state index is 0.668. The van der Waals surface area contributed by atoms with E-state index in [4.69, 9.17) is 10.7 Å². The van der Waals surface area contributed by atoms with Crippen molar-refractivity contribution < 1.29 is 4.84 Å². The van der Waals surface area contributed by atoms with Crippen LogP contribution >= 0.6 is 0 Å². The molecule has 1 aromatic rings. The third-order valence-electron chi connectivity index (χ3n) is 2.70. The van der Waals surface area contributed by atoms with Crippen molar-refractivity contribution in [2.24, 2.45) is 5.90 Å². The smallest absolute Gasteiger partial charge is 0.156 e. The lowest BCUT2D eigenvalue weighted by atomic mass is 9.99. The molecule has 0 heterocycles. The summed E-state index contributed by atoms with van der Waals surface area (Å²) in [6, 6.07) is 4.07. The van der Waals surface area contributed by atoms with Crippen LogP contribution in [0, 0.1) is 6.92 Å². The van der Waals surface area contributed by atoms with Gasteiger partial charge in [-0.2, -0.15) is 5.90 Å². The molecule has 2 N–H and O–H groups in total. The van der Waals surface area contributed by atoms with Crippen LogP contribution in [-0.2, 0) is 6.42 Å². The first-order valence-electron chi connectivity index (χ1n) is 6.73. The molecule has 0 aliphatic carbocycles. The Kier molecular flexibility index (Phi) is 8.80. The van der Waals surface area contributed by atoms with E-state index in [2.05, 4.69) is 25.8 Å². The van der Waals surface area contributed by atoms with Crippen molar-refractivity contribution in [3.8, 4) is 5.75 Å². The Balaban J connectivity index is 0.00000172. The Hall–Kier alpha value is -2.06. The van der Waals surface area contributed by atoms with Crippen LogP contribution in [0.5, 0.6) is 5.75 Å². The molecule has 0 aromatic heterocycles. The first-order valence-corrected chi connectivity index (χ1v) is 6.73. The second-order valence-corrected chi connectivity index (χ2v) is 4.01. The van der Waals surface area contributed by atoms with Crippen molar-refractivity contribution in [2.75, 3.05) is 0 Å². The van der Waals surface area contributed by atoms with Gasteiger partial charge in [0.05, 0.1) is 0 Å². The van der Waals surface area contributed by atoms with Crippen LogP contribution in [0.15, 0.2) is 55.7 Å². The molecule has 0 aliphatic rings. The van der Waals surface area contributed by atoms with E-state index in [1.165, 1.54) is 0 Å². The molecular weight excluding hydrogens is 246 g/mol. The van der Waals surface area contributed by atoms with E-state index in [-0.39, 0.29) is 0 Å². The fourth-order valence-electron chi connectivity index (χ4n) is 1.88. The lowest BCUT2D eigenvalue weighted by molar-refractivity contribution is 0.331. The molecule has 0 unspecified atom stereocenters. The van der Waals surface area contributed by atoms with Crippen LogP contribution in [0.1, 0.15) is 30.5 Å². The Morgan fingerprint density at radius 2 is 1.90 bits per heavy atom. The maximum atomic E-state index is 5.26. The average Bonchev–Trinajstić information content (AvgIpc) is 2.48. The summed E-state index contributed by atoms with van der Waals surface area (Å²) in [5, 5.41) is 0. The van der Waals surface area contributed by atoms with Gasteiger partial charge in [-0.05, 0) is 36.1 Å². The van der Waals surface area contributed by atoms with Crippen LogP contribution in [-0.4, -0.2) is 0 Å². The monoisotopic (exact) mass is 271 g/mol. The first-order chi connectivity index (χ1) is 9.65. The Labute approximate surface area is 122 Å². The van der Waals surface area contributed by atoms with E-state index in [0.717, 1.165) is 28.7 Å². The fraction of sp³-hybridized carbons (Fsp3) is 0.222. The van der Waals surface area contributed by atoms with Crippen molar-refractivity contribution in [1.29, 1.82) is 0 Å². The summed E-state index contributed by atoms with van der Waals surface area (Å²) < 4.78 is 0. The zero-order valence-corrected chi connectivity index (χ0v) is 12.8. The van der Waals surface area contributed by atoms with Gasteiger partial charge in [0.1, 0.15) is 0 Å². The molecule has 0 amide bonds. The summed E-state index contributed by atoms with van der Waals surface area (Å²) in [4.78, 5) is 4.88. The van der Waals surface area contributed by atoms with Gasteiger partial charge in [0.25, 0.3) is 0 Å². The molecular formula is C18H25NO. The molecule has 0 aliphatic heterocycles.